The van der Waals surface area contributed by atoms with E-state index in [9.17, 15) is 0 Å². The largest absolute Gasteiger partial charge is 0.384 e. The molecule has 0 spiro atoms. The van der Waals surface area contributed by atoms with Crippen LogP contribution in [0.4, 0.5) is 11.6 Å². The van der Waals surface area contributed by atoms with Crippen LogP contribution in [0, 0.1) is 5.92 Å². The molecule has 0 bridgehead atoms. The maximum absolute atomic E-state index is 6.04. The third kappa shape index (κ3) is 2.99. The Morgan fingerprint density at radius 1 is 1.10 bits per heavy atom. The van der Waals surface area contributed by atoms with Crippen molar-refractivity contribution in [1.82, 2.24) is 9.97 Å². The lowest BCUT2D eigenvalue weighted by atomic mass is 9.95. The Morgan fingerprint density at radius 2 is 1.81 bits per heavy atom. The second-order valence-electron chi connectivity index (χ2n) is 7.67. The summed E-state index contributed by atoms with van der Waals surface area (Å²) in [4.78, 5) is 11.8. The molecule has 2 N–H and O–H groups in total. The first kappa shape index (κ1) is 14.6. The van der Waals surface area contributed by atoms with Gasteiger partial charge in [-0.1, -0.05) is 33.6 Å². The van der Waals surface area contributed by atoms with Crippen LogP contribution in [0.25, 0.3) is 0 Å². The predicted octanol–water partition coefficient (Wildman–Crippen LogP) is 3.52. The van der Waals surface area contributed by atoms with Crippen molar-refractivity contribution in [1.29, 1.82) is 0 Å². The first-order valence-corrected chi connectivity index (χ1v) is 8.37. The second kappa shape index (κ2) is 5.47. The van der Waals surface area contributed by atoms with Crippen molar-refractivity contribution in [3.05, 3.63) is 11.9 Å². The van der Waals surface area contributed by atoms with Crippen molar-refractivity contribution in [2.45, 2.75) is 70.8 Å². The van der Waals surface area contributed by atoms with Crippen molar-refractivity contribution >= 4 is 11.6 Å². The number of nitrogen functional groups attached to an aromatic ring is 1. The number of hydrogen-bond donors (Lipinski definition) is 1. The minimum Gasteiger partial charge on any atom is -0.384 e. The van der Waals surface area contributed by atoms with Gasteiger partial charge >= 0.3 is 0 Å². The number of nitrogens with two attached hydrogens (primary N) is 1. The third-order valence-corrected chi connectivity index (χ3v) is 4.94. The molecule has 4 heteroatoms. The van der Waals surface area contributed by atoms with Gasteiger partial charge in [-0.05, 0) is 31.6 Å². The van der Waals surface area contributed by atoms with Crippen molar-refractivity contribution in [3.63, 3.8) is 0 Å². The van der Waals surface area contributed by atoms with Gasteiger partial charge in [-0.15, -0.1) is 0 Å². The molecule has 0 radical (unpaired) electrons. The Hall–Kier alpha value is -1.32. The van der Waals surface area contributed by atoms with Gasteiger partial charge < -0.3 is 10.6 Å². The highest BCUT2D eigenvalue weighted by Crippen LogP contribution is 2.37. The molecular weight excluding hydrogens is 260 g/mol. The number of anilines is 2. The van der Waals surface area contributed by atoms with Crippen molar-refractivity contribution in [2.24, 2.45) is 5.92 Å². The lowest BCUT2D eigenvalue weighted by Gasteiger charge is -2.31. The highest BCUT2D eigenvalue weighted by atomic mass is 15.2. The van der Waals surface area contributed by atoms with Gasteiger partial charge in [0, 0.05) is 24.1 Å². The Labute approximate surface area is 128 Å². The summed E-state index contributed by atoms with van der Waals surface area (Å²) in [5.41, 5.74) is 5.98. The zero-order valence-electron chi connectivity index (χ0n) is 13.6. The van der Waals surface area contributed by atoms with Crippen LogP contribution in [0.15, 0.2) is 6.07 Å². The Balaban J connectivity index is 1.90. The zero-order valence-corrected chi connectivity index (χ0v) is 13.6. The molecule has 1 saturated heterocycles. The van der Waals surface area contributed by atoms with E-state index >= 15 is 0 Å². The van der Waals surface area contributed by atoms with Crippen molar-refractivity contribution in [2.75, 3.05) is 17.2 Å². The number of aromatic nitrogens is 2. The minimum absolute atomic E-state index is 0.0628. The fourth-order valence-corrected chi connectivity index (χ4v) is 3.84. The Morgan fingerprint density at radius 3 is 2.48 bits per heavy atom. The molecule has 1 saturated carbocycles. The topological polar surface area (TPSA) is 55.0 Å². The van der Waals surface area contributed by atoms with Crippen LogP contribution in [-0.4, -0.2) is 22.6 Å². The molecule has 2 heterocycles. The monoisotopic (exact) mass is 288 g/mol. The number of hydrogen-bond acceptors (Lipinski definition) is 4. The Kier molecular flexibility index (Phi) is 3.80. The predicted molar refractivity (Wildman–Crippen MR) is 87.5 cm³/mol. The van der Waals surface area contributed by atoms with E-state index in [1.807, 2.05) is 6.07 Å². The summed E-state index contributed by atoms with van der Waals surface area (Å²) in [6.45, 7) is 7.54. The molecule has 1 aliphatic heterocycles. The van der Waals surface area contributed by atoms with Crippen LogP contribution in [0.3, 0.4) is 0 Å². The summed E-state index contributed by atoms with van der Waals surface area (Å²) in [5, 5.41) is 0. The van der Waals surface area contributed by atoms with Gasteiger partial charge in [0.05, 0.1) is 0 Å². The molecule has 2 aliphatic rings. The second-order valence-corrected chi connectivity index (χ2v) is 7.67. The molecule has 1 unspecified atom stereocenters. The van der Waals surface area contributed by atoms with Crippen molar-refractivity contribution in [3.8, 4) is 0 Å². The lowest BCUT2D eigenvalue weighted by Crippen LogP contribution is -2.36. The summed E-state index contributed by atoms with van der Waals surface area (Å²) in [7, 11) is 0. The summed E-state index contributed by atoms with van der Waals surface area (Å²) in [6.07, 6.45) is 8.14. The van der Waals surface area contributed by atoms with Crippen LogP contribution in [0.5, 0.6) is 0 Å². The van der Waals surface area contributed by atoms with E-state index in [0.717, 1.165) is 24.1 Å². The van der Waals surface area contributed by atoms with Gasteiger partial charge in [-0.3, -0.25) is 0 Å². The van der Waals surface area contributed by atoms with E-state index in [1.165, 1.54) is 38.5 Å². The van der Waals surface area contributed by atoms with Crippen LogP contribution in [0.2, 0.25) is 0 Å². The average molecular weight is 288 g/mol. The van der Waals surface area contributed by atoms with E-state index in [2.05, 4.69) is 30.7 Å². The van der Waals surface area contributed by atoms with Gasteiger partial charge in [-0.25, -0.2) is 9.97 Å². The zero-order chi connectivity index (χ0) is 15.0. The van der Waals surface area contributed by atoms with Gasteiger partial charge in [-0.2, -0.15) is 0 Å². The van der Waals surface area contributed by atoms with E-state index in [0.29, 0.717) is 11.9 Å². The molecule has 1 aromatic rings. The first-order chi connectivity index (χ1) is 9.95. The smallest absolute Gasteiger partial charge is 0.138 e. The molecule has 1 aliphatic carbocycles. The van der Waals surface area contributed by atoms with Gasteiger partial charge in [0.2, 0.25) is 0 Å². The molecule has 21 heavy (non-hydrogen) atoms. The van der Waals surface area contributed by atoms with Crippen LogP contribution < -0.4 is 10.6 Å². The standard InChI is InChI=1S/C17H28N4/c1-17(2,3)16-19-14(18)11-15(20-16)21-10-6-9-13(21)12-7-4-5-8-12/h11-13H,4-10H2,1-3H3,(H2,18,19,20). The summed E-state index contributed by atoms with van der Waals surface area (Å²) < 4.78 is 0. The molecule has 116 valence electrons. The molecule has 2 fully saturated rings. The van der Waals surface area contributed by atoms with E-state index < -0.39 is 0 Å². The SMILES string of the molecule is CC(C)(C)c1nc(N)cc(N2CCCC2C2CCCC2)n1. The normalized spacial score (nSPS) is 24.0. The van der Waals surface area contributed by atoms with Crippen LogP contribution >= 0.6 is 0 Å². The van der Waals surface area contributed by atoms with E-state index in [1.54, 1.807) is 0 Å². The fraction of sp³-hybridized carbons (Fsp3) is 0.765. The minimum atomic E-state index is -0.0628. The molecule has 4 nitrogen and oxygen atoms in total. The Bertz CT molecular complexity index is 500. The summed E-state index contributed by atoms with van der Waals surface area (Å²) in [5.74, 6) is 3.35. The molecule has 1 aromatic heterocycles. The van der Waals surface area contributed by atoms with Crippen LogP contribution in [0.1, 0.15) is 65.1 Å². The molecule has 3 rings (SSSR count). The van der Waals surface area contributed by atoms with Gasteiger partial charge in [0.1, 0.15) is 17.5 Å². The summed E-state index contributed by atoms with van der Waals surface area (Å²) in [6, 6.07) is 2.62. The van der Waals surface area contributed by atoms with Gasteiger partial charge in [0.25, 0.3) is 0 Å². The maximum atomic E-state index is 6.04. The van der Waals surface area contributed by atoms with Gasteiger partial charge in [0.15, 0.2) is 0 Å². The number of rotatable bonds is 2. The molecule has 0 aromatic carbocycles. The van der Waals surface area contributed by atoms with Crippen molar-refractivity contribution < 1.29 is 0 Å². The quantitative estimate of drug-likeness (QED) is 0.904. The molecular formula is C17H28N4. The average Bonchev–Trinajstić information content (AvgIpc) is 3.07. The molecule has 0 amide bonds. The third-order valence-electron chi connectivity index (χ3n) is 4.94. The highest BCUT2D eigenvalue weighted by molar-refractivity contribution is 5.49. The van der Waals surface area contributed by atoms with E-state index in [4.69, 9.17) is 10.7 Å². The van der Waals surface area contributed by atoms with E-state index in [-0.39, 0.29) is 5.41 Å². The lowest BCUT2D eigenvalue weighted by molar-refractivity contribution is 0.428. The maximum Gasteiger partial charge on any atom is 0.138 e. The fourth-order valence-electron chi connectivity index (χ4n) is 3.84. The first-order valence-electron chi connectivity index (χ1n) is 8.37. The molecule has 1 atom stereocenters. The highest BCUT2D eigenvalue weighted by Gasteiger charge is 2.34. The number of nitrogens with zero attached hydrogens (tertiary/aromatic N) is 3. The van der Waals surface area contributed by atoms with Crippen LogP contribution in [-0.2, 0) is 5.41 Å². The summed E-state index contributed by atoms with van der Waals surface area (Å²) >= 11 is 0.